The number of benzene rings is 2. The minimum absolute atomic E-state index is 0.0687. The molecule has 2 aromatic rings. The summed E-state index contributed by atoms with van der Waals surface area (Å²) in [7, 11) is 1.50. The first-order valence-corrected chi connectivity index (χ1v) is 11.3. The second-order valence-corrected chi connectivity index (χ2v) is 9.08. The first-order chi connectivity index (χ1) is 16.0. The van der Waals surface area contributed by atoms with E-state index in [1.165, 1.54) is 19.4 Å². The van der Waals surface area contributed by atoms with E-state index in [1.807, 2.05) is 0 Å². The molecule has 2 aliphatic heterocycles. The molecule has 1 saturated heterocycles. The molecule has 5 nitrogen and oxygen atoms in total. The number of nitrogens with one attached hydrogen (secondary N) is 1. The number of amides is 1. The lowest BCUT2D eigenvalue weighted by molar-refractivity contribution is -0.0437. The zero-order valence-electron chi connectivity index (χ0n) is 17.8. The predicted molar refractivity (Wildman–Crippen MR) is 121 cm³/mol. The monoisotopic (exact) mass is 476 g/mol. The number of rotatable bonds is 5. The average Bonchev–Trinajstić information content (AvgIpc) is 2.82. The van der Waals surface area contributed by atoms with Crippen molar-refractivity contribution >= 4 is 22.8 Å². The van der Waals surface area contributed by atoms with Gasteiger partial charge in [0.15, 0.2) is 5.17 Å². The molecule has 0 bridgehead atoms. The molecule has 0 radical (unpaired) electrons. The van der Waals surface area contributed by atoms with Gasteiger partial charge in [-0.25, -0.2) is 18.2 Å². The van der Waals surface area contributed by atoms with Crippen molar-refractivity contribution < 1.29 is 27.4 Å². The van der Waals surface area contributed by atoms with Crippen LogP contribution in [-0.2, 0) is 15.0 Å². The number of carbonyl (C=O) groups excluding carboxylic acids is 1. The Balaban J connectivity index is 1.76. The third-order valence-electron chi connectivity index (χ3n) is 5.87. The normalized spacial score (nSPS) is 27.0. The van der Waals surface area contributed by atoms with E-state index in [9.17, 15) is 18.0 Å². The Morgan fingerprint density at radius 2 is 2.09 bits per heavy atom. The number of hydrogen-bond donors (Lipinski definition) is 1. The van der Waals surface area contributed by atoms with E-state index in [0.29, 0.717) is 12.0 Å². The number of halogens is 3. The lowest BCUT2D eigenvalue weighted by atomic mass is 9.72. The van der Waals surface area contributed by atoms with Crippen molar-refractivity contribution in [1.29, 1.82) is 0 Å². The fourth-order valence-corrected chi connectivity index (χ4v) is 5.51. The van der Waals surface area contributed by atoms with Gasteiger partial charge < -0.3 is 14.8 Å². The zero-order chi connectivity index (χ0) is 23.4. The van der Waals surface area contributed by atoms with E-state index in [1.54, 1.807) is 36.4 Å². The fraction of sp³-hybridized carbons (Fsp3) is 0.333. The molecule has 1 fully saturated rings. The maximum atomic E-state index is 15.0. The van der Waals surface area contributed by atoms with Gasteiger partial charge in [0.1, 0.15) is 23.8 Å². The molecular formula is C24H23F3N2O3S. The summed E-state index contributed by atoms with van der Waals surface area (Å²) in [6, 6.07) is 11.8. The van der Waals surface area contributed by atoms with Crippen molar-refractivity contribution in [3.05, 3.63) is 83.6 Å². The largest absolute Gasteiger partial charge is 0.505 e. The summed E-state index contributed by atoms with van der Waals surface area (Å²) in [6.07, 6.45) is 3.16. The molecule has 174 valence electrons. The first kappa shape index (κ1) is 23.4. The number of amidine groups is 1. The molecule has 33 heavy (non-hydrogen) atoms. The summed E-state index contributed by atoms with van der Waals surface area (Å²) in [5.74, 6) is -2.40. The topological polar surface area (TPSA) is 59.9 Å². The highest BCUT2D eigenvalue weighted by Gasteiger charge is 2.53. The molecule has 2 heterocycles. The summed E-state index contributed by atoms with van der Waals surface area (Å²) in [6.45, 7) is -0.790. The molecular weight excluding hydrogens is 453 g/mol. The van der Waals surface area contributed by atoms with Gasteiger partial charge >= 0.3 is 0 Å². The fourth-order valence-electron chi connectivity index (χ4n) is 4.30. The standard InChI is InChI=1S/C24H23F3N2O3S/c1-31-10-9-17-12-19-21(13-25)33-23(28-22(30)15-5-3-2-4-6-15)29-24(19,14-32-17)18-8-7-16(26)11-20(18)27/h2-11,17,19,21H,12-14H2,1H3,(H,28,29,30)/b10-9+/t17-,19-,21+,24+/m0/s1. The van der Waals surface area contributed by atoms with Crippen LogP contribution in [0.5, 0.6) is 0 Å². The van der Waals surface area contributed by atoms with E-state index >= 15 is 0 Å². The summed E-state index contributed by atoms with van der Waals surface area (Å²) in [5, 5.41) is 2.27. The van der Waals surface area contributed by atoms with Crippen molar-refractivity contribution in [2.24, 2.45) is 10.9 Å². The van der Waals surface area contributed by atoms with Crippen molar-refractivity contribution in [3.63, 3.8) is 0 Å². The molecule has 0 saturated carbocycles. The van der Waals surface area contributed by atoms with Crippen LogP contribution in [0.2, 0.25) is 0 Å². The lowest BCUT2D eigenvalue weighted by Crippen LogP contribution is -2.54. The van der Waals surface area contributed by atoms with Crippen LogP contribution in [0.1, 0.15) is 22.3 Å². The smallest absolute Gasteiger partial charge is 0.257 e. The predicted octanol–water partition coefficient (Wildman–Crippen LogP) is 4.60. The van der Waals surface area contributed by atoms with Crippen LogP contribution < -0.4 is 5.32 Å². The number of hydrogen-bond acceptors (Lipinski definition) is 5. The van der Waals surface area contributed by atoms with Crippen molar-refractivity contribution in [2.45, 2.75) is 23.3 Å². The van der Waals surface area contributed by atoms with Gasteiger partial charge in [-0.15, -0.1) is 0 Å². The molecule has 4 rings (SSSR count). The highest BCUT2D eigenvalue weighted by atomic mass is 32.2. The van der Waals surface area contributed by atoms with Crippen LogP contribution in [0.25, 0.3) is 0 Å². The number of aliphatic imine (C=N–C) groups is 1. The highest BCUT2D eigenvalue weighted by molar-refractivity contribution is 8.14. The van der Waals surface area contributed by atoms with Gasteiger partial charge in [-0.3, -0.25) is 4.79 Å². The second-order valence-electron chi connectivity index (χ2n) is 7.85. The minimum Gasteiger partial charge on any atom is -0.505 e. The van der Waals surface area contributed by atoms with E-state index in [-0.39, 0.29) is 23.4 Å². The highest BCUT2D eigenvalue weighted by Crippen LogP contribution is 2.50. The van der Waals surface area contributed by atoms with Gasteiger partial charge in [-0.1, -0.05) is 36.0 Å². The summed E-state index contributed by atoms with van der Waals surface area (Å²) in [5.41, 5.74) is -0.809. The number of fused-ring (bicyclic) bond motifs is 1. The number of methoxy groups -OCH3 is 1. The Morgan fingerprint density at radius 1 is 1.30 bits per heavy atom. The van der Waals surface area contributed by atoms with Crippen LogP contribution in [-0.4, -0.2) is 42.8 Å². The number of nitrogens with zero attached hydrogens (tertiary/aromatic N) is 1. The van der Waals surface area contributed by atoms with Crippen molar-refractivity contribution in [3.8, 4) is 0 Å². The third kappa shape index (κ3) is 4.79. The number of ether oxygens (including phenoxy) is 2. The molecule has 0 spiro atoms. The number of alkyl halides is 1. The lowest BCUT2D eigenvalue weighted by Gasteiger charge is -2.49. The van der Waals surface area contributed by atoms with E-state index in [0.717, 1.165) is 23.9 Å². The molecule has 2 aromatic carbocycles. The maximum Gasteiger partial charge on any atom is 0.257 e. The Morgan fingerprint density at radius 3 is 2.79 bits per heavy atom. The van der Waals surface area contributed by atoms with Gasteiger partial charge in [0.05, 0.1) is 26.1 Å². The Hall–Kier alpha value is -2.78. The molecule has 1 N–H and O–H groups in total. The van der Waals surface area contributed by atoms with Gasteiger partial charge in [0, 0.05) is 28.4 Å². The van der Waals surface area contributed by atoms with E-state index < -0.39 is 40.9 Å². The summed E-state index contributed by atoms with van der Waals surface area (Å²) < 4.78 is 53.9. The van der Waals surface area contributed by atoms with Crippen molar-refractivity contribution in [1.82, 2.24) is 5.32 Å². The molecule has 9 heteroatoms. The van der Waals surface area contributed by atoms with Gasteiger partial charge in [-0.2, -0.15) is 0 Å². The van der Waals surface area contributed by atoms with Gasteiger partial charge in [0.25, 0.3) is 5.91 Å². The van der Waals surface area contributed by atoms with E-state index in [2.05, 4.69) is 5.32 Å². The molecule has 4 atom stereocenters. The average molecular weight is 477 g/mol. The second kappa shape index (κ2) is 10.0. The van der Waals surface area contributed by atoms with Crippen LogP contribution in [0.15, 0.2) is 65.9 Å². The van der Waals surface area contributed by atoms with Crippen LogP contribution >= 0.6 is 11.8 Å². The Labute approximate surface area is 194 Å². The molecule has 0 unspecified atom stereocenters. The summed E-state index contributed by atoms with van der Waals surface area (Å²) in [4.78, 5) is 17.4. The van der Waals surface area contributed by atoms with E-state index in [4.69, 9.17) is 14.5 Å². The molecule has 2 aliphatic rings. The van der Waals surface area contributed by atoms with Crippen LogP contribution in [0, 0.1) is 17.6 Å². The van der Waals surface area contributed by atoms with Gasteiger partial charge in [-0.05, 0) is 30.7 Å². The van der Waals surface area contributed by atoms with Crippen LogP contribution in [0.4, 0.5) is 13.2 Å². The number of thioether (sulfide) groups is 1. The molecule has 0 aliphatic carbocycles. The third-order valence-corrected chi connectivity index (χ3v) is 7.04. The van der Waals surface area contributed by atoms with Crippen LogP contribution in [0.3, 0.4) is 0 Å². The maximum absolute atomic E-state index is 15.0. The molecule has 0 aromatic heterocycles. The summed E-state index contributed by atoms with van der Waals surface area (Å²) >= 11 is 1.10. The Kier molecular flexibility index (Phi) is 7.09. The molecule has 1 amide bonds. The SMILES string of the molecule is CO/C=C/[C@H]1C[C@H]2[C@@H](CF)SC(NC(=O)c3ccccc3)=N[C@@]2(c2ccc(F)cc2F)CO1. The first-order valence-electron chi connectivity index (χ1n) is 10.4. The number of carbonyl (C=O) groups is 1. The van der Waals surface area contributed by atoms with Crippen molar-refractivity contribution in [2.75, 3.05) is 20.4 Å². The van der Waals surface area contributed by atoms with Gasteiger partial charge in [0.2, 0.25) is 0 Å². The minimum atomic E-state index is -1.32. The Bertz CT molecular complexity index is 1070. The zero-order valence-corrected chi connectivity index (χ0v) is 18.7. The quantitative estimate of drug-likeness (QED) is 0.641.